The molecule has 0 aliphatic carbocycles. The van der Waals surface area contributed by atoms with Gasteiger partial charge in [-0.1, -0.05) is 47.5 Å². The van der Waals surface area contributed by atoms with Crippen LogP contribution in [0.4, 0.5) is 5.69 Å². The highest BCUT2D eigenvalue weighted by Gasteiger charge is 2.05. The van der Waals surface area contributed by atoms with Crippen molar-refractivity contribution in [2.24, 2.45) is 0 Å². The molecule has 2 rings (SSSR count). The molecule has 0 heterocycles. The lowest BCUT2D eigenvalue weighted by molar-refractivity contribution is 0.107. The van der Waals surface area contributed by atoms with E-state index in [1.54, 1.807) is 12.1 Å². The first-order valence-electron chi connectivity index (χ1n) is 5.52. The topological polar surface area (TPSA) is 35.2 Å². The van der Waals surface area contributed by atoms with Gasteiger partial charge in [0.05, 0.1) is 13.2 Å². The Balaban J connectivity index is 1.99. The Kier molecular flexibility index (Phi) is 4.48. The molecule has 0 atom stereocenters. The summed E-state index contributed by atoms with van der Waals surface area (Å²) < 4.78 is 5.60. The maximum Gasteiger partial charge on any atom is 0.0756 e. The third kappa shape index (κ3) is 3.16. The second-order valence-electron chi connectivity index (χ2n) is 3.89. The highest BCUT2D eigenvalue weighted by molar-refractivity contribution is 6.31. The highest BCUT2D eigenvalue weighted by atomic mass is 35.5. The van der Waals surface area contributed by atoms with Crippen LogP contribution in [-0.2, 0) is 18.0 Å². The van der Waals surface area contributed by atoms with Gasteiger partial charge in [0.2, 0.25) is 0 Å². The Bertz CT molecular complexity index is 523. The van der Waals surface area contributed by atoms with Crippen molar-refractivity contribution in [3.05, 3.63) is 63.6 Å². The number of nitrogen functional groups attached to an aromatic ring is 1. The van der Waals surface area contributed by atoms with E-state index in [0.29, 0.717) is 28.9 Å². The maximum atomic E-state index is 6.06. The van der Waals surface area contributed by atoms with Gasteiger partial charge in [-0.3, -0.25) is 0 Å². The third-order valence-corrected chi connectivity index (χ3v) is 3.34. The summed E-state index contributed by atoms with van der Waals surface area (Å²) in [7, 11) is 0. The first-order chi connectivity index (χ1) is 8.68. The van der Waals surface area contributed by atoms with Crippen molar-refractivity contribution in [3.8, 4) is 0 Å². The van der Waals surface area contributed by atoms with Gasteiger partial charge in [-0.15, -0.1) is 0 Å². The van der Waals surface area contributed by atoms with Crippen molar-refractivity contribution in [2.75, 3.05) is 5.73 Å². The monoisotopic (exact) mass is 281 g/mol. The van der Waals surface area contributed by atoms with Crippen LogP contribution in [0.1, 0.15) is 11.1 Å². The second-order valence-corrected chi connectivity index (χ2v) is 4.71. The molecule has 4 heteroatoms. The Hall–Kier alpha value is -1.22. The van der Waals surface area contributed by atoms with Crippen LogP contribution in [0.15, 0.2) is 42.5 Å². The van der Waals surface area contributed by atoms with Crippen LogP contribution in [0.25, 0.3) is 0 Å². The summed E-state index contributed by atoms with van der Waals surface area (Å²) in [5.41, 5.74) is 8.24. The fraction of sp³-hybridized carbons (Fsp3) is 0.143. The number of anilines is 1. The number of hydrogen-bond donors (Lipinski definition) is 1. The van der Waals surface area contributed by atoms with Crippen LogP contribution in [0.5, 0.6) is 0 Å². The lowest BCUT2D eigenvalue weighted by Crippen LogP contribution is -1.99. The molecule has 0 bridgehead atoms. The Labute approximate surface area is 116 Å². The minimum Gasteiger partial charge on any atom is -0.398 e. The van der Waals surface area contributed by atoms with Gasteiger partial charge in [0.1, 0.15) is 0 Å². The SMILES string of the molecule is Nc1cccc(Cl)c1COCc1ccccc1Cl. The summed E-state index contributed by atoms with van der Waals surface area (Å²) in [4.78, 5) is 0. The van der Waals surface area contributed by atoms with E-state index < -0.39 is 0 Å². The minimum atomic E-state index is 0.372. The summed E-state index contributed by atoms with van der Waals surface area (Å²) in [6.45, 7) is 0.807. The molecule has 18 heavy (non-hydrogen) atoms. The molecule has 2 nitrogen and oxygen atoms in total. The van der Waals surface area contributed by atoms with Crippen LogP contribution < -0.4 is 5.73 Å². The molecule has 0 aromatic heterocycles. The van der Waals surface area contributed by atoms with Gasteiger partial charge < -0.3 is 10.5 Å². The molecule has 0 aliphatic rings. The summed E-state index contributed by atoms with van der Waals surface area (Å²) >= 11 is 12.1. The average Bonchev–Trinajstić information content (AvgIpc) is 2.35. The van der Waals surface area contributed by atoms with Crippen molar-refractivity contribution < 1.29 is 4.74 Å². The molecule has 0 aliphatic heterocycles. The predicted octanol–water partition coefficient (Wildman–Crippen LogP) is 4.29. The zero-order valence-electron chi connectivity index (χ0n) is 9.70. The lowest BCUT2D eigenvalue weighted by Gasteiger charge is -2.09. The van der Waals surface area contributed by atoms with Gasteiger partial charge in [-0.25, -0.2) is 0 Å². The molecule has 0 spiro atoms. The van der Waals surface area contributed by atoms with Gasteiger partial charge in [0.15, 0.2) is 0 Å². The lowest BCUT2D eigenvalue weighted by atomic mass is 10.2. The largest absolute Gasteiger partial charge is 0.398 e. The molecule has 94 valence electrons. The maximum absolute atomic E-state index is 6.06. The van der Waals surface area contributed by atoms with E-state index in [1.807, 2.05) is 30.3 Å². The van der Waals surface area contributed by atoms with E-state index in [4.69, 9.17) is 33.7 Å². The van der Waals surface area contributed by atoms with Crippen LogP contribution in [0, 0.1) is 0 Å². The van der Waals surface area contributed by atoms with Gasteiger partial charge in [-0.2, -0.15) is 0 Å². The zero-order chi connectivity index (χ0) is 13.0. The Morgan fingerprint density at radius 1 is 0.889 bits per heavy atom. The number of rotatable bonds is 4. The molecule has 2 aromatic carbocycles. The molecule has 0 saturated heterocycles. The van der Waals surface area contributed by atoms with Gasteiger partial charge in [-0.05, 0) is 23.8 Å². The smallest absolute Gasteiger partial charge is 0.0756 e. The second kappa shape index (κ2) is 6.10. The summed E-state index contributed by atoms with van der Waals surface area (Å²) in [5.74, 6) is 0. The van der Waals surface area contributed by atoms with E-state index >= 15 is 0 Å². The van der Waals surface area contributed by atoms with Crippen LogP contribution in [0.2, 0.25) is 10.0 Å². The molecular weight excluding hydrogens is 269 g/mol. The van der Waals surface area contributed by atoms with E-state index in [-0.39, 0.29) is 0 Å². The number of halogens is 2. The number of nitrogens with two attached hydrogens (primary N) is 1. The molecule has 2 N–H and O–H groups in total. The van der Waals surface area contributed by atoms with E-state index in [0.717, 1.165) is 11.1 Å². The number of benzene rings is 2. The van der Waals surface area contributed by atoms with Gasteiger partial charge in [0.25, 0.3) is 0 Å². The third-order valence-electron chi connectivity index (χ3n) is 2.62. The van der Waals surface area contributed by atoms with Crippen molar-refractivity contribution in [1.29, 1.82) is 0 Å². The summed E-state index contributed by atoms with van der Waals surface area (Å²) in [6, 6.07) is 13.0. The zero-order valence-corrected chi connectivity index (χ0v) is 11.2. The quantitative estimate of drug-likeness (QED) is 0.849. The van der Waals surface area contributed by atoms with Crippen molar-refractivity contribution in [3.63, 3.8) is 0 Å². The van der Waals surface area contributed by atoms with Gasteiger partial charge in [0, 0.05) is 21.3 Å². The van der Waals surface area contributed by atoms with Crippen LogP contribution in [-0.4, -0.2) is 0 Å². The van der Waals surface area contributed by atoms with E-state index in [2.05, 4.69) is 0 Å². The summed E-state index contributed by atoms with van der Waals surface area (Å²) in [6.07, 6.45) is 0. The van der Waals surface area contributed by atoms with E-state index in [9.17, 15) is 0 Å². The van der Waals surface area contributed by atoms with Crippen LogP contribution in [0.3, 0.4) is 0 Å². The Morgan fingerprint density at radius 2 is 1.61 bits per heavy atom. The normalized spacial score (nSPS) is 10.6. The molecule has 0 radical (unpaired) electrons. The number of hydrogen-bond acceptors (Lipinski definition) is 2. The van der Waals surface area contributed by atoms with Crippen LogP contribution >= 0.6 is 23.2 Å². The molecule has 0 saturated carbocycles. The van der Waals surface area contributed by atoms with Crippen molar-refractivity contribution in [2.45, 2.75) is 13.2 Å². The molecular formula is C14H13Cl2NO. The number of ether oxygens (including phenoxy) is 1. The van der Waals surface area contributed by atoms with E-state index in [1.165, 1.54) is 0 Å². The van der Waals surface area contributed by atoms with Crippen molar-refractivity contribution >= 4 is 28.9 Å². The minimum absolute atomic E-state index is 0.372. The van der Waals surface area contributed by atoms with Gasteiger partial charge >= 0.3 is 0 Å². The molecule has 2 aromatic rings. The summed E-state index contributed by atoms with van der Waals surface area (Å²) in [5, 5.41) is 1.32. The highest BCUT2D eigenvalue weighted by Crippen LogP contribution is 2.23. The Morgan fingerprint density at radius 3 is 2.33 bits per heavy atom. The molecule has 0 amide bonds. The van der Waals surface area contributed by atoms with Crippen molar-refractivity contribution in [1.82, 2.24) is 0 Å². The average molecular weight is 282 g/mol. The fourth-order valence-corrected chi connectivity index (χ4v) is 2.03. The first kappa shape index (κ1) is 13.2. The standard InChI is InChI=1S/C14H13Cl2NO/c15-12-5-2-1-4-10(12)8-18-9-11-13(16)6-3-7-14(11)17/h1-7H,8-9,17H2. The predicted molar refractivity (Wildman–Crippen MR) is 75.8 cm³/mol. The fourth-order valence-electron chi connectivity index (χ4n) is 1.61. The first-order valence-corrected chi connectivity index (χ1v) is 6.28. The molecule has 0 unspecified atom stereocenters. The molecule has 0 fully saturated rings.